The van der Waals surface area contributed by atoms with Gasteiger partial charge in [0.1, 0.15) is 0 Å². The Hall–Kier alpha value is -1.38. The van der Waals surface area contributed by atoms with Gasteiger partial charge in [0, 0.05) is 25.5 Å². The van der Waals surface area contributed by atoms with Crippen LogP contribution in [0.5, 0.6) is 0 Å². The van der Waals surface area contributed by atoms with Crippen LogP contribution in [0.1, 0.15) is 18.4 Å². The van der Waals surface area contributed by atoms with Crippen molar-refractivity contribution in [3.8, 4) is 0 Å². The van der Waals surface area contributed by atoms with E-state index in [-0.39, 0.29) is 5.91 Å². The fourth-order valence-corrected chi connectivity index (χ4v) is 1.75. The topological polar surface area (TPSA) is 33.2 Å². The van der Waals surface area contributed by atoms with Crippen molar-refractivity contribution in [1.82, 2.24) is 9.88 Å². The number of aromatic nitrogens is 1. The third kappa shape index (κ3) is 2.10. The third-order valence-electron chi connectivity index (χ3n) is 2.56. The molecule has 0 spiro atoms. The predicted molar refractivity (Wildman–Crippen MR) is 53.8 cm³/mol. The van der Waals surface area contributed by atoms with Crippen LogP contribution in [0.2, 0.25) is 0 Å². The van der Waals surface area contributed by atoms with Gasteiger partial charge >= 0.3 is 0 Å². The Labute approximate surface area is 83.8 Å². The quantitative estimate of drug-likeness (QED) is 0.703. The van der Waals surface area contributed by atoms with E-state index in [0.717, 1.165) is 31.5 Å². The number of nitrogens with zero attached hydrogens (tertiary/aromatic N) is 2. The number of hydrogen-bond donors (Lipinski definition) is 0. The summed E-state index contributed by atoms with van der Waals surface area (Å²) in [4.78, 5) is 17.6. The molecule has 0 N–H and O–H groups in total. The van der Waals surface area contributed by atoms with Gasteiger partial charge in [0.05, 0.1) is 6.42 Å². The molecule has 1 fully saturated rings. The summed E-state index contributed by atoms with van der Waals surface area (Å²) in [5, 5.41) is 0. The molecule has 0 unspecified atom stereocenters. The Morgan fingerprint density at radius 3 is 2.57 bits per heavy atom. The molecule has 2 heterocycles. The second-order valence-electron chi connectivity index (χ2n) is 3.62. The van der Waals surface area contributed by atoms with E-state index in [4.69, 9.17) is 0 Å². The second-order valence-corrected chi connectivity index (χ2v) is 3.62. The van der Waals surface area contributed by atoms with E-state index < -0.39 is 0 Å². The SMILES string of the molecule is O=C(Cc1ccncc1)N1CCCC1. The standard InChI is InChI=1S/C11H14N2O/c14-11(13-7-1-2-8-13)9-10-3-5-12-6-4-10/h3-6H,1-2,7-9H2. The van der Waals surface area contributed by atoms with Gasteiger partial charge in [-0.2, -0.15) is 0 Å². The third-order valence-corrected chi connectivity index (χ3v) is 2.56. The highest BCUT2D eigenvalue weighted by atomic mass is 16.2. The summed E-state index contributed by atoms with van der Waals surface area (Å²) >= 11 is 0. The maximum atomic E-state index is 11.7. The maximum absolute atomic E-state index is 11.7. The first-order valence-corrected chi connectivity index (χ1v) is 5.03. The van der Waals surface area contributed by atoms with Crippen LogP contribution in [0.4, 0.5) is 0 Å². The van der Waals surface area contributed by atoms with Crippen molar-refractivity contribution < 1.29 is 4.79 Å². The molecule has 1 aliphatic rings. The van der Waals surface area contributed by atoms with Crippen molar-refractivity contribution in [3.63, 3.8) is 0 Å². The average molecular weight is 190 g/mol. The first kappa shape index (κ1) is 9.19. The molecule has 74 valence electrons. The van der Waals surface area contributed by atoms with E-state index in [1.807, 2.05) is 17.0 Å². The molecule has 0 saturated carbocycles. The normalized spacial score (nSPS) is 15.9. The van der Waals surface area contributed by atoms with Gasteiger partial charge in [0.25, 0.3) is 0 Å². The summed E-state index contributed by atoms with van der Waals surface area (Å²) in [6.45, 7) is 1.87. The number of amides is 1. The van der Waals surface area contributed by atoms with Gasteiger partial charge in [-0.15, -0.1) is 0 Å². The summed E-state index contributed by atoms with van der Waals surface area (Å²) in [5.74, 6) is 0.244. The number of rotatable bonds is 2. The first-order valence-electron chi connectivity index (χ1n) is 5.03. The molecule has 0 atom stereocenters. The molecule has 1 aromatic heterocycles. The fraction of sp³-hybridized carbons (Fsp3) is 0.455. The minimum Gasteiger partial charge on any atom is -0.342 e. The lowest BCUT2D eigenvalue weighted by atomic mass is 10.2. The van der Waals surface area contributed by atoms with Gasteiger partial charge in [0.2, 0.25) is 5.91 Å². The summed E-state index contributed by atoms with van der Waals surface area (Å²) < 4.78 is 0. The zero-order valence-electron chi connectivity index (χ0n) is 8.15. The number of carbonyl (C=O) groups excluding carboxylic acids is 1. The molecule has 1 saturated heterocycles. The average Bonchev–Trinajstić information content (AvgIpc) is 2.72. The maximum Gasteiger partial charge on any atom is 0.226 e. The summed E-state index contributed by atoms with van der Waals surface area (Å²) in [5.41, 5.74) is 1.05. The number of likely N-dealkylation sites (tertiary alicyclic amines) is 1. The van der Waals surface area contributed by atoms with Crippen LogP contribution in [-0.4, -0.2) is 28.9 Å². The van der Waals surface area contributed by atoms with Crippen LogP contribution < -0.4 is 0 Å². The van der Waals surface area contributed by atoms with Gasteiger partial charge in [-0.25, -0.2) is 0 Å². The van der Waals surface area contributed by atoms with Crippen LogP contribution in [-0.2, 0) is 11.2 Å². The lowest BCUT2D eigenvalue weighted by Crippen LogP contribution is -2.29. The molecule has 0 radical (unpaired) electrons. The van der Waals surface area contributed by atoms with Crippen molar-refractivity contribution >= 4 is 5.91 Å². The van der Waals surface area contributed by atoms with Crippen LogP contribution in [0, 0.1) is 0 Å². The summed E-state index contributed by atoms with van der Waals surface area (Å²) in [6, 6.07) is 3.79. The van der Waals surface area contributed by atoms with Gasteiger partial charge in [-0.3, -0.25) is 9.78 Å². The fourth-order valence-electron chi connectivity index (χ4n) is 1.75. The molecule has 1 aliphatic heterocycles. The second kappa shape index (κ2) is 4.22. The molecular weight excluding hydrogens is 176 g/mol. The Kier molecular flexibility index (Phi) is 2.77. The number of carbonyl (C=O) groups is 1. The molecule has 0 aliphatic carbocycles. The molecule has 0 aromatic carbocycles. The van der Waals surface area contributed by atoms with E-state index in [1.165, 1.54) is 0 Å². The van der Waals surface area contributed by atoms with Crippen molar-refractivity contribution in [2.24, 2.45) is 0 Å². The van der Waals surface area contributed by atoms with Crippen molar-refractivity contribution in [2.75, 3.05) is 13.1 Å². The molecule has 1 aromatic rings. The summed E-state index contributed by atoms with van der Waals surface area (Å²) in [6.07, 6.45) is 6.28. The van der Waals surface area contributed by atoms with E-state index in [1.54, 1.807) is 12.4 Å². The number of hydrogen-bond acceptors (Lipinski definition) is 2. The predicted octanol–water partition coefficient (Wildman–Crippen LogP) is 1.25. The van der Waals surface area contributed by atoms with Crippen molar-refractivity contribution in [2.45, 2.75) is 19.3 Å². The minimum absolute atomic E-state index is 0.244. The largest absolute Gasteiger partial charge is 0.342 e. The van der Waals surface area contributed by atoms with Crippen LogP contribution in [0.15, 0.2) is 24.5 Å². The van der Waals surface area contributed by atoms with Crippen molar-refractivity contribution in [3.05, 3.63) is 30.1 Å². The highest BCUT2D eigenvalue weighted by Crippen LogP contribution is 2.09. The smallest absolute Gasteiger partial charge is 0.226 e. The Morgan fingerprint density at radius 1 is 1.29 bits per heavy atom. The molecular formula is C11H14N2O. The molecule has 3 nitrogen and oxygen atoms in total. The van der Waals surface area contributed by atoms with Crippen LogP contribution in [0.25, 0.3) is 0 Å². The lowest BCUT2D eigenvalue weighted by molar-refractivity contribution is -0.129. The van der Waals surface area contributed by atoms with E-state index in [9.17, 15) is 4.79 Å². The molecule has 0 bridgehead atoms. The Morgan fingerprint density at radius 2 is 1.93 bits per heavy atom. The van der Waals surface area contributed by atoms with Gasteiger partial charge in [-0.05, 0) is 30.5 Å². The highest BCUT2D eigenvalue weighted by molar-refractivity contribution is 5.78. The van der Waals surface area contributed by atoms with E-state index in [0.29, 0.717) is 6.42 Å². The first-order chi connectivity index (χ1) is 6.86. The van der Waals surface area contributed by atoms with Crippen LogP contribution >= 0.6 is 0 Å². The molecule has 2 rings (SSSR count). The monoisotopic (exact) mass is 190 g/mol. The zero-order chi connectivity index (χ0) is 9.80. The van der Waals surface area contributed by atoms with Crippen molar-refractivity contribution in [1.29, 1.82) is 0 Å². The van der Waals surface area contributed by atoms with E-state index >= 15 is 0 Å². The number of pyridine rings is 1. The Bertz CT molecular complexity index is 304. The minimum atomic E-state index is 0.244. The van der Waals surface area contributed by atoms with Crippen LogP contribution in [0.3, 0.4) is 0 Å². The lowest BCUT2D eigenvalue weighted by Gasteiger charge is -2.14. The zero-order valence-corrected chi connectivity index (χ0v) is 8.15. The molecule has 14 heavy (non-hydrogen) atoms. The van der Waals surface area contributed by atoms with Gasteiger partial charge in [0.15, 0.2) is 0 Å². The molecule has 3 heteroatoms. The summed E-state index contributed by atoms with van der Waals surface area (Å²) in [7, 11) is 0. The van der Waals surface area contributed by atoms with Gasteiger partial charge in [-0.1, -0.05) is 0 Å². The highest BCUT2D eigenvalue weighted by Gasteiger charge is 2.17. The van der Waals surface area contributed by atoms with Gasteiger partial charge < -0.3 is 4.90 Å². The molecule has 1 amide bonds. The Balaban J connectivity index is 1.94. The van der Waals surface area contributed by atoms with E-state index in [2.05, 4.69) is 4.98 Å².